The van der Waals surface area contributed by atoms with E-state index >= 15 is 0 Å². The first kappa shape index (κ1) is 31.8. The third-order valence-electron chi connectivity index (χ3n) is 1.95. The second kappa shape index (κ2) is 14.1. The second-order valence-electron chi connectivity index (χ2n) is 4.08. The quantitative estimate of drug-likeness (QED) is 0.234. The van der Waals surface area contributed by atoms with E-state index in [1.807, 2.05) is 30.7 Å². The molecule has 0 N–H and O–H groups in total. The van der Waals surface area contributed by atoms with E-state index in [1.54, 1.807) is 0 Å². The van der Waals surface area contributed by atoms with Gasteiger partial charge in [-0.15, -0.1) is 0 Å². The molecule has 16 heteroatoms. The maximum atomic E-state index is 10.7. The van der Waals surface area contributed by atoms with Crippen molar-refractivity contribution in [3.63, 3.8) is 0 Å². The Hall–Kier alpha value is 0.0738. The summed E-state index contributed by atoms with van der Waals surface area (Å²) in [5, 5.41) is 0. The SMILES string of the molecule is C1CCOC1.O=S(=O)([O-])C(F)(F)F.O=S(=O)([O-])C(F)(F)F.[CH]1C=CC=C1.[Lu]. The number of ether oxygens (including phenoxy) is 1. The van der Waals surface area contributed by atoms with Gasteiger partial charge in [0.25, 0.3) is 0 Å². The number of allylic oxidation sites excluding steroid dienone is 4. The first-order chi connectivity index (χ1) is 11.5. The molecule has 1 aliphatic heterocycles. The first-order valence-electron chi connectivity index (χ1n) is 6.29. The molecular formula is C11H13F6LuO7S2-2. The molecule has 2 aliphatic rings. The molecule has 1 saturated heterocycles. The number of hydrogen-bond donors (Lipinski definition) is 0. The number of rotatable bonds is 0. The number of hydrogen-bond acceptors (Lipinski definition) is 7. The molecule has 0 aromatic carbocycles. The summed E-state index contributed by atoms with van der Waals surface area (Å²) in [6, 6.07) is 0. The van der Waals surface area contributed by atoms with Gasteiger partial charge in [0.15, 0.2) is 20.2 Å². The molecule has 0 aromatic heterocycles. The van der Waals surface area contributed by atoms with Crippen LogP contribution in [0.25, 0.3) is 0 Å². The van der Waals surface area contributed by atoms with Gasteiger partial charge in [-0.25, -0.2) is 16.8 Å². The van der Waals surface area contributed by atoms with Gasteiger partial charge in [0, 0.05) is 56.5 Å². The third-order valence-corrected chi connectivity index (χ3v) is 3.08. The molecule has 0 aromatic rings. The van der Waals surface area contributed by atoms with Crippen molar-refractivity contribution in [1.82, 2.24) is 0 Å². The monoisotopic (exact) mass is 610 g/mol. The van der Waals surface area contributed by atoms with Crippen molar-refractivity contribution in [1.29, 1.82) is 0 Å². The zero-order valence-electron chi connectivity index (χ0n) is 12.9. The predicted molar refractivity (Wildman–Crippen MR) is 74.1 cm³/mol. The summed E-state index contributed by atoms with van der Waals surface area (Å²) >= 11 is 0. The molecule has 0 spiro atoms. The van der Waals surface area contributed by atoms with E-state index in [-0.39, 0.29) is 36.9 Å². The topological polar surface area (TPSA) is 124 Å². The van der Waals surface area contributed by atoms with E-state index in [2.05, 4.69) is 0 Å². The van der Waals surface area contributed by atoms with Crippen LogP contribution in [0.1, 0.15) is 12.8 Å². The smallest absolute Gasteiger partial charge is 0.485 e. The van der Waals surface area contributed by atoms with Crippen LogP contribution in [0.4, 0.5) is 26.3 Å². The molecule has 170 valence electrons. The molecule has 0 amide bonds. The van der Waals surface area contributed by atoms with Crippen molar-refractivity contribution >= 4 is 20.2 Å². The fourth-order valence-electron chi connectivity index (χ4n) is 0.831. The van der Waals surface area contributed by atoms with Crippen molar-refractivity contribution in [3.05, 3.63) is 30.7 Å². The Balaban J connectivity index is -0.000000286. The van der Waals surface area contributed by atoms with Crippen LogP contribution in [-0.2, 0) is 25.0 Å². The Morgan fingerprint density at radius 2 is 0.963 bits per heavy atom. The molecule has 1 heterocycles. The van der Waals surface area contributed by atoms with Crippen LogP contribution in [0, 0.1) is 43.3 Å². The standard InChI is InChI=1S/C5H5.C4H8O.2CHF3O3S.Lu/c2*1-2-4-5-3-1;2*2-1(3,4)8(5,6)7;/h1-5H;1-4H2;2*(H,5,6,7);/p-2. The van der Waals surface area contributed by atoms with Crippen LogP contribution in [0.5, 0.6) is 0 Å². The second-order valence-corrected chi connectivity index (χ2v) is 6.82. The summed E-state index contributed by atoms with van der Waals surface area (Å²) in [6.07, 6.45) is 12.6. The average molecular weight is 610 g/mol. The summed E-state index contributed by atoms with van der Waals surface area (Å²) in [5.41, 5.74) is -11.3. The van der Waals surface area contributed by atoms with Crippen molar-refractivity contribution in [2.45, 2.75) is 23.9 Å². The van der Waals surface area contributed by atoms with Crippen LogP contribution >= 0.6 is 0 Å². The minimum absolute atomic E-state index is 0. The predicted octanol–water partition coefficient (Wildman–Crippen LogP) is 2.22. The van der Waals surface area contributed by atoms with Gasteiger partial charge in [-0.05, 0) is 12.8 Å². The van der Waals surface area contributed by atoms with Gasteiger partial charge in [-0.2, -0.15) is 26.3 Å². The Morgan fingerprint density at radius 3 is 1.04 bits per heavy atom. The van der Waals surface area contributed by atoms with E-state index in [1.165, 1.54) is 12.8 Å². The van der Waals surface area contributed by atoms with Gasteiger partial charge in [0.05, 0.1) is 0 Å². The van der Waals surface area contributed by atoms with E-state index in [9.17, 15) is 26.3 Å². The number of halogens is 6. The zero-order valence-corrected chi connectivity index (χ0v) is 16.2. The van der Waals surface area contributed by atoms with Crippen molar-refractivity contribution in [3.8, 4) is 0 Å². The summed E-state index contributed by atoms with van der Waals surface area (Å²) in [6.45, 7) is 2.00. The normalized spacial score (nSPS) is 16.0. The molecule has 0 saturated carbocycles. The van der Waals surface area contributed by atoms with Gasteiger partial charge in [-0.1, -0.05) is 24.3 Å². The fourth-order valence-corrected chi connectivity index (χ4v) is 0.831. The van der Waals surface area contributed by atoms with E-state index in [0.717, 1.165) is 13.2 Å². The zero-order chi connectivity index (χ0) is 21.1. The molecule has 0 atom stereocenters. The molecule has 2 radical (unpaired) electrons. The Labute approximate surface area is 181 Å². The van der Waals surface area contributed by atoms with E-state index < -0.39 is 31.3 Å². The minimum atomic E-state index is -6.09. The van der Waals surface area contributed by atoms with Gasteiger partial charge in [0.2, 0.25) is 0 Å². The molecule has 0 bridgehead atoms. The third kappa shape index (κ3) is 19.2. The molecule has 27 heavy (non-hydrogen) atoms. The average Bonchev–Trinajstić information content (AvgIpc) is 3.15. The molecular weight excluding hydrogens is 597 g/mol. The Bertz CT molecular complexity index is 590. The summed E-state index contributed by atoms with van der Waals surface area (Å²) in [7, 11) is -12.2. The molecule has 1 fully saturated rings. The van der Waals surface area contributed by atoms with Gasteiger partial charge >= 0.3 is 11.0 Å². The van der Waals surface area contributed by atoms with Crippen LogP contribution in [0.2, 0.25) is 0 Å². The number of alkyl halides is 6. The van der Waals surface area contributed by atoms with Crippen LogP contribution < -0.4 is 0 Å². The Kier molecular flexibility index (Phi) is 16.6. The Morgan fingerprint density at radius 1 is 0.704 bits per heavy atom. The van der Waals surface area contributed by atoms with E-state index in [0.29, 0.717) is 0 Å². The molecule has 2 rings (SSSR count). The van der Waals surface area contributed by atoms with Crippen molar-refractivity contribution in [2.75, 3.05) is 13.2 Å². The van der Waals surface area contributed by atoms with Gasteiger partial charge in [-0.3, -0.25) is 0 Å². The minimum Gasteiger partial charge on any atom is -0.741 e. The molecule has 0 unspecified atom stereocenters. The maximum absolute atomic E-state index is 10.7. The molecule has 7 nitrogen and oxygen atoms in total. The van der Waals surface area contributed by atoms with Gasteiger partial charge in [0.1, 0.15) is 0 Å². The molecule has 1 aliphatic carbocycles. The largest absolute Gasteiger partial charge is 0.741 e. The maximum Gasteiger partial charge on any atom is 0.485 e. The van der Waals surface area contributed by atoms with Crippen LogP contribution in [0.3, 0.4) is 0 Å². The summed E-state index contributed by atoms with van der Waals surface area (Å²) in [4.78, 5) is 0. The van der Waals surface area contributed by atoms with Crippen LogP contribution in [-0.4, -0.2) is 50.2 Å². The van der Waals surface area contributed by atoms with E-state index in [4.69, 9.17) is 30.7 Å². The summed E-state index contributed by atoms with van der Waals surface area (Å²) in [5.74, 6) is 0. The first-order valence-corrected chi connectivity index (χ1v) is 9.10. The van der Waals surface area contributed by atoms with Gasteiger partial charge < -0.3 is 13.8 Å². The summed E-state index contributed by atoms with van der Waals surface area (Å²) < 4.78 is 123. The van der Waals surface area contributed by atoms with Crippen LogP contribution in [0.15, 0.2) is 24.3 Å². The van der Waals surface area contributed by atoms with Crippen molar-refractivity contribution < 1.29 is 93.9 Å². The fraction of sp³-hybridized carbons (Fsp3) is 0.545. The van der Waals surface area contributed by atoms with Crippen molar-refractivity contribution in [2.24, 2.45) is 0 Å².